The highest BCUT2D eigenvalue weighted by atomic mass is 32.2. The Hall–Kier alpha value is -2.62. The van der Waals surface area contributed by atoms with Crippen molar-refractivity contribution in [2.45, 2.75) is 18.0 Å². The molecule has 0 bridgehead atoms. The molecule has 2 rings (SSSR count). The Morgan fingerprint density at radius 1 is 1.08 bits per heavy atom. The SMILES string of the molecule is CC(=O)Nc1ccc(OS(=O)(=O)c2ccc(F)c(C(F)(F)F)c2)cc1. The zero-order valence-electron chi connectivity index (χ0n) is 12.6. The van der Waals surface area contributed by atoms with Gasteiger partial charge in [0.25, 0.3) is 0 Å². The van der Waals surface area contributed by atoms with Gasteiger partial charge in [-0.15, -0.1) is 0 Å². The molecule has 0 fully saturated rings. The summed E-state index contributed by atoms with van der Waals surface area (Å²) in [6.07, 6.45) is -5.05. The molecule has 0 aliphatic carbocycles. The second kappa shape index (κ2) is 6.71. The van der Waals surface area contributed by atoms with E-state index in [4.69, 9.17) is 4.18 Å². The van der Waals surface area contributed by atoms with E-state index in [1.54, 1.807) is 0 Å². The van der Waals surface area contributed by atoms with Crippen LogP contribution >= 0.6 is 0 Å². The summed E-state index contributed by atoms with van der Waals surface area (Å²) in [7, 11) is -4.60. The topological polar surface area (TPSA) is 72.5 Å². The molecule has 2 aromatic carbocycles. The fourth-order valence-electron chi connectivity index (χ4n) is 1.85. The molecule has 25 heavy (non-hydrogen) atoms. The van der Waals surface area contributed by atoms with Gasteiger partial charge in [0.15, 0.2) is 0 Å². The van der Waals surface area contributed by atoms with Gasteiger partial charge in [0, 0.05) is 12.6 Å². The van der Waals surface area contributed by atoms with Gasteiger partial charge in [-0.1, -0.05) is 0 Å². The van der Waals surface area contributed by atoms with E-state index in [9.17, 15) is 30.8 Å². The van der Waals surface area contributed by atoms with E-state index in [0.717, 1.165) is 0 Å². The quantitative estimate of drug-likeness (QED) is 0.653. The molecule has 0 spiro atoms. The van der Waals surface area contributed by atoms with Crippen LogP contribution in [0.1, 0.15) is 12.5 Å². The Morgan fingerprint density at radius 3 is 2.20 bits per heavy atom. The van der Waals surface area contributed by atoms with E-state index < -0.39 is 32.6 Å². The van der Waals surface area contributed by atoms with Gasteiger partial charge >= 0.3 is 16.3 Å². The van der Waals surface area contributed by atoms with Crippen LogP contribution in [0.5, 0.6) is 5.75 Å². The van der Waals surface area contributed by atoms with Crippen molar-refractivity contribution in [1.29, 1.82) is 0 Å². The molecule has 0 saturated carbocycles. The third-order valence-corrected chi connectivity index (χ3v) is 4.16. The lowest BCUT2D eigenvalue weighted by molar-refractivity contribution is -0.140. The standard InChI is InChI=1S/C15H11F4NO4S/c1-9(21)20-10-2-4-11(5-3-10)24-25(22,23)12-6-7-14(16)13(8-12)15(17,18)19/h2-8H,1H3,(H,20,21). The van der Waals surface area contributed by atoms with Crippen LogP contribution in [0.3, 0.4) is 0 Å². The smallest absolute Gasteiger partial charge is 0.379 e. The van der Waals surface area contributed by atoms with Gasteiger partial charge in [-0.25, -0.2) is 4.39 Å². The Bertz CT molecular complexity index is 893. The highest BCUT2D eigenvalue weighted by Gasteiger charge is 2.35. The zero-order valence-corrected chi connectivity index (χ0v) is 13.4. The normalized spacial score (nSPS) is 11.9. The maximum Gasteiger partial charge on any atom is 0.419 e. The second-order valence-electron chi connectivity index (χ2n) is 4.88. The molecular formula is C15H11F4NO4S. The molecule has 0 saturated heterocycles. The summed E-state index contributed by atoms with van der Waals surface area (Å²) >= 11 is 0. The van der Waals surface area contributed by atoms with Gasteiger partial charge in [-0.2, -0.15) is 21.6 Å². The zero-order chi connectivity index (χ0) is 18.8. The van der Waals surface area contributed by atoms with Gasteiger partial charge in [0.05, 0.1) is 5.56 Å². The molecule has 2 aromatic rings. The van der Waals surface area contributed by atoms with Crippen molar-refractivity contribution in [3.05, 3.63) is 53.8 Å². The highest BCUT2D eigenvalue weighted by Crippen LogP contribution is 2.33. The van der Waals surface area contributed by atoms with Crippen LogP contribution < -0.4 is 9.50 Å². The molecule has 0 aliphatic heterocycles. The first-order valence-electron chi connectivity index (χ1n) is 6.68. The molecule has 10 heteroatoms. The summed E-state index contributed by atoms with van der Waals surface area (Å²) in [5, 5.41) is 2.45. The number of hydrogen-bond acceptors (Lipinski definition) is 4. The summed E-state index contributed by atoms with van der Waals surface area (Å²) in [6.45, 7) is 1.28. The van der Waals surface area contributed by atoms with E-state index in [-0.39, 0.29) is 17.7 Å². The molecule has 0 heterocycles. The van der Waals surface area contributed by atoms with Gasteiger partial charge in [-0.3, -0.25) is 4.79 Å². The highest BCUT2D eigenvalue weighted by molar-refractivity contribution is 7.87. The van der Waals surface area contributed by atoms with Crippen LogP contribution in [0, 0.1) is 5.82 Å². The minimum atomic E-state index is -5.05. The van der Waals surface area contributed by atoms with Crippen LogP contribution in [0.15, 0.2) is 47.4 Å². The molecule has 134 valence electrons. The molecule has 0 aromatic heterocycles. The molecule has 1 N–H and O–H groups in total. The molecular weight excluding hydrogens is 366 g/mol. The number of amides is 1. The maximum absolute atomic E-state index is 13.2. The fourth-order valence-corrected chi connectivity index (χ4v) is 2.81. The number of carbonyl (C=O) groups excluding carboxylic acids is 1. The summed E-state index contributed by atoms with van der Waals surface area (Å²) in [5.74, 6) is -2.12. The minimum Gasteiger partial charge on any atom is -0.379 e. The number of nitrogens with one attached hydrogen (secondary N) is 1. The van der Waals surface area contributed by atoms with Gasteiger partial charge in [0.2, 0.25) is 5.91 Å². The number of benzene rings is 2. The number of alkyl halides is 3. The number of halogens is 4. The molecule has 0 atom stereocenters. The van der Waals surface area contributed by atoms with Gasteiger partial charge < -0.3 is 9.50 Å². The number of anilines is 1. The molecule has 0 unspecified atom stereocenters. The largest absolute Gasteiger partial charge is 0.419 e. The third kappa shape index (κ3) is 4.69. The maximum atomic E-state index is 13.2. The Kier molecular flexibility index (Phi) is 5.02. The van der Waals surface area contributed by atoms with E-state index >= 15 is 0 Å². The van der Waals surface area contributed by atoms with Crippen LogP contribution in [0.25, 0.3) is 0 Å². The van der Waals surface area contributed by atoms with Gasteiger partial charge in [0.1, 0.15) is 16.5 Å². The molecule has 0 aliphatic rings. The van der Waals surface area contributed by atoms with Crippen molar-refractivity contribution in [1.82, 2.24) is 0 Å². The predicted octanol–water partition coefficient (Wildman–Crippen LogP) is 3.57. The average molecular weight is 377 g/mol. The van der Waals surface area contributed by atoms with Crippen LogP contribution in [-0.2, 0) is 21.1 Å². The fraction of sp³-hybridized carbons (Fsp3) is 0.133. The van der Waals surface area contributed by atoms with E-state index in [1.807, 2.05) is 0 Å². The Morgan fingerprint density at radius 2 is 1.68 bits per heavy atom. The van der Waals surface area contributed by atoms with Crippen LogP contribution in [0.4, 0.5) is 23.2 Å². The van der Waals surface area contributed by atoms with E-state index in [1.165, 1.54) is 31.2 Å². The molecule has 1 amide bonds. The number of hydrogen-bond donors (Lipinski definition) is 1. The third-order valence-electron chi connectivity index (χ3n) is 2.91. The Labute approximate surface area is 140 Å². The first-order chi connectivity index (χ1) is 11.5. The molecule has 0 radical (unpaired) electrons. The number of carbonyl (C=O) groups is 1. The minimum absolute atomic E-state index is 0.163. The van der Waals surface area contributed by atoms with Crippen LogP contribution in [-0.4, -0.2) is 14.3 Å². The lowest BCUT2D eigenvalue weighted by Gasteiger charge is -2.11. The van der Waals surface area contributed by atoms with Crippen molar-refractivity contribution in [2.24, 2.45) is 0 Å². The predicted molar refractivity (Wildman–Crippen MR) is 80.0 cm³/mol. The van der Waals surface area contributed by atoms with Crippen molar-refractivity contribution in [2.75, 3.05) is 5.32 Å². The van der Waals surface area contributed by atoms with E-state index in [2.05, 4.69) is 5.32 Å². The van der Waals surface area contributed by atoms with Crippen molar-refractivity contribution >= 4 is 21.7 Å². The van der Waals surface area contributed by atoms with E-state index in [0.29, 0.717) is 17.8 Å². The first-order valence-corrected chi connectivity index (χ1v) is 8.09. The Balaban J connectivity index is 2.29. The van der Waals surface area contributed by atoms with Crippen molar-refractivity contribution in [3.63, 3.8) is 0 Å². The molecule has 5 nitrogen and oxygen atoms in total. The summed E-state index contributed by atoms with van der Waals surface area (Å²) in [5.41, 5.74) is -1.34. The van der Waals surface area contributed by atoms with Crippen molar-refractivity contribution < 1.29 is 35.0 Å². The monoisotopic (exact) mass is 377 g/mol. The summed E-state index contributed by atoms with van der Waals surface area (Å²) in [4.78, 5) is 10.1. The number of rotatable bonds is 4. The second-order valence-corrected chi connectivity index (χ2v) is 6.43. The summed E-state index contributed by atoms with van der Waals surface area (Å²) < 4.78 is 80.2. The van der Waals surface area contributed by atoms with Crippen molar-refractivity contribution in [3.8, 4) is 5.75 Å². The lowest BCUT2D eigenvalue weighted by Crippen LogP contribution is -2.14. The lowest BCUT2D eigenvalue weighted by atomic mass is 10.2. The average Bonchev–Trinajstić information content (AvgIpc) is 2.47. The van der Waals surface area contributed by atoms with Gasteiger partial charge in [-0.05, 0) is 42.5 Å². The summed E-state index contributed by atoms with van der Waals surface area (Å²) in [6, 6.07) is 6.34. The van der Waals surface area contributed by atoms with Crippen LogP contribution in [0.2, 0.25) is 0 Å². The first kappa shape index (κ1) is 18.7.